The predicted molar refractivity (Wildman–Crippen MR) is 94.7 cm³/mol. The molecule has 2 rings (SSSR count). The standard InChI is InChI=1S/C18H17F2N3O3/c1-2-10-21-18(25)23-14-8-6-13(7-9-14)22-16(24)12-4-3-5-15(11-12)26-17(19)20/h2-9,11,17H,1,10H2,(H,22,24)(H2,21,23,25). The summed E-state index contributed by atoms with van der Waals surface area (Å²) in [6.45, 7) is 0.876. The fourth-order valence-corrected chi connectivity index (χ4v) is 1.99. The zero-order valence-corrected chi connectivity index (χ0v) is 13.7. The van der Waals surface area contributed by atoms with Crippen LogP contribution in [0.2, 0.25) is 0 Å². The average molecular weight is 361 g/mol. The predicted octanol–water partition coefficient (Wildman–Crippen LogP) is 3.85. The molecular weight excluding hydrogens is 344 g/mol. The van der Waals surface area contributed by atoms with Crippen LogP contribution in [0.4, 0.5) is 25.0 Å². The first-order valence-corrected chi connectivity index (χ1v) is 7.60. The van der Waals surface area contributed by atoms with Crippen LogP contribution >= 0.6 is 0 Å². The Kier molecular flexibility index (Phi) is 6.67. The summed E-state index contributed by atoms with van der Waals surface area (Å²) in [5.74, 6) is -0.577. The van der Waals surface area contributed by atoms with Crippen LogP contribution in [0.15, 0.2) is 61.2 Å². The van der Waals surface area contributed by atoms with E-state index in [0.717, 1.165) is 0 Å². The number of ether oxygens (including phenoxy) is 1. The van der Waals surface area contributed by atoms with E-state index < -0.39 is 12.5 Å². The van der Waals surface area contributed by atoms with Crippen molar-refractivity contribution in [1.29, 1.82) is 0 Å². The number of carbonyl (C=O) groups excluding carboxylic acids is 2. The lowest BCUT2D eigenvalue weighted by Crippen LogP contribution is -2.28. The molecular formula is C18H17F2N3O3. The van der Waals surface area contributed by atoms with Gasteiger partial charge in [-0.1, -0.05) is 12.1 Å². The summed E-state index contributed by atoms with van der Waals surface area (Å²) in [7, 11) is 0. The van der Waals surface area contributed by atoms with Crippen LogP contribution in [0.3, 0.4) is 0 Å². The number of benzene rings is 2. The minimum Gasteiger partial charge on any atom is -0.435 e. The van der Waals surface area contributed by atoms with Crippen molar-refractivity contribution >= 4 is 23.3 Å². The third kappa shape index (κ3) is 5.90. The van der Waals surface area contributed by atoms with Gasteiger partial charge in [0.05, 0.1) is 0 Å². The number of nitrogens with one attached hydrogen (secondary N) is 3. The molecule has 0 aliphatic rings. The maximum absolute atomic E-state index is 12.2. The first-order chi connectivity index (χ1) is 12.5. The lowest BCUT2D eigenvalue weighted by molar-refractivity contribution is -0.0498. The molecule has 2 aromatic rings. The van der Waals surface area contributed by atoms with E-state index in [9.17, 15) is 18.4 Å². The van der Waals surface area contributed by atoms with E-state index >= 15 is 0 Å². The van der Waals surface area contributed by atoms with Gasteiger partial charge < -0.3 is 20.7 Å². The highest BCUT2D eigenvalue weighted by Crippen LogP contribution is 2.18. The summed E-state index contributed by atoms with van der Waals surface area (Å²) in [5, 5.41) is 7.81. The molecule has 0 heterocycles. The van der Waals surface area contributed by atoms with Crippen molar-refractivity contribution in [3.05, 3.63) is 66.7 Å². The van der Waals surface area contributed by atoms with Crippen LogP contribution in [-0.4, -0.2) is 25.1 Å². The smallest absolute Gasteiger partial charge is 0.387 e. The molecule has 0 saturated heterocycles. The molecule has 0 spiro atoms. The molecule has 3 N–H and O–H groups in total. The van der Waals surface area contributed by atoms with Crippen molar-refractivity contribution in [2.45, 2.75) is 6.61 Å². The molecule has 0 aliphatic heterocycles. The molecule has 0 bridgehead atoms. The van der Waals surface area contributed by atoms with Crippen molar-refractivity contribution in [2.24, 2.45) is 0 Å². The Morgan fingerprint density at radius 1 is 1.08 bits per heavy atom. The number of alkyl halides is 2. The second kappa shape index (κ2) is 9.16. The molecule has 0 fully saturated rings. The van der Waals surface area contributed by atoms with Gasteiger partial charge in [-0.15, -0.1) is 6.58 Å². The van der Waals surface area contributed by atoms with E-state index in [1.54, 1.807) is 30.3 Å². The first kappa shape index (κ1) is 18.9. The lowest BCUT2D eigenvalue weighted by Gasteiger charge is -2.09. The quantitative estimate of drug-likeness (QED) is 0.656. The highest BCUT2D eigenvalue weighted by Gasteiger charge is 2.10. The zero-order valence-electron chi connectivity index (χ0n) is 13.7. The van der Waals surface area contributed by atoms with E-state index in [-0.39, 0.29) is 17.3 Å². The maximum atomic E-state index is 12.2. The average Bonchev–Trinajstić information content (AvgIpc) is 2.61. The van der Waals surface area contributed by atoms with E-state index in [4.69, 9.17) is 0 Å². The van der Waals surface area contributed by atoms with Gasteiger partial charge in [-0.05, 0) is 42.5 Å². The summed E-state index contributed by atoms with van der Waals surface area (Å²) in [5.41, 5.74) is 1.19. The van der Waals surface area contributed by atoms with Gasteiger partial charge in [-0.25, -0.2) is 4.79 Å². The highest BCUT2D eigenvalue weighted by molar-refractivity contribution is 6.04. The van der Waals surface area contributed by atoms with Gasteiger partial charge in [-0.3, -0.25) is 4.79 Å². The summed E-state index contributed by atoms with van der Waals surface area (Å²) in [6.07, 6.45) is 1.56. The SMILES string of the molecule is C=CCNC(=O)Nc1ccc(NC(=O)c2cccc(OC(F)F)c2)cc1. The topological polar surface area (TPSA) is 79.5 Å². The molecule has 2 aromatic carbocycles. The third-order valence-electron chi connectivity index (χ3n) is 3.13. The van der Waals surface area contributed by atoms with Crippen molar-refractivity contribution in [3.63, 3.8) is 0 Å². The van der Waals surface area contributed by atoms with Gasteiger partial charge >= 0.3 is 12.6 Å². The number of hydrogen-bond donors (Lipinski definition) is 3. The molecule has 0 atom stereocenters. The van der Waals surface area contributed by atoms with Crippen LogP contribution in [-0.2, 0) is 0 Å². The zero-order chi connectivity index (χ0) is 18.9. The van der Waals surface area contributed by atoms with Crippen LogP contribution in [0, 0.1) is 0 Å². The van der Waals surface area contributed by atoms with Crippen molar-refractivity contribution in [1.82, 2.24) is 5.32 Å². The number of urea groups is 1. The fraction of sp³-hybridized carbons (Fsp3) is 0.111. The second-order valence-electron chi connectivity index (χ2n) is 5.06. The Labute approximate surface area is 148 Å². The third-order valence-corrected chi connectivity index (χ3v) is 3.13. The minimum absolute atomic E-state index is 0.0993. The monoisotopic (exact) mass is 361 g/mol. The molecule has 0 aliphatic carbocycles. The summed E-state index contributed by atoms with van der Waals surface area (Å²) in [4.78, 5) is 23.7. The number of halogens is 2. The second-order valence-corrected chi connectivity index (χ2v) is 5.06. The van der Waals surface area contributed by atoms with Crippen LogP contribution in [0.25, 0.3) is 0 Å². The van der Waals surface area contributed by atoms with Crippen molar-refractivity contribution in [2.75, 3.05) is 17.2 Å². The summed E-state index contributed by atoms with van der Waals surface area (Å²) in [6, 6.07) is 11.5. The molecule has 0 radical (unpaired) electrons. The molecule has 3 amide bonds. The van der Waals surface area contributed by atoms with Gasteiger partial charge in [0, 0.05) is 23.5 Å². The van der Waals surface area contributed by atoms with Crippen LogP contribution in [0.5, 0.6) is 5.75 Å². The molecule has 8 heteroatoms. The van der Waals surface area contributed by atoms with Crippen molar-refractivity contribution < 1.29 is 23.1 Å². The fourth-order valence-electron chi connectivity index (χ4n) is 1.99. The number of hydrogen-bond acceptors (Lipinski definition) is 3. The molecule has 0 saturated carbocycles. The van der Waals surface area contributed by atoms with Crippen LogP contribution in [0.1, 0.15) is 10.4 Å². The van der Waals surface area contributed by atoms with Gasteiger partial charge in [0.25, 0.3) is 5.91 Å². The largest absolute Gasteiger partial charge is 0.435 e. The van der Waals surface area contributed by atoms with Gasteiger partial charge in [0.2, 0.25) is 0 Å². The number of anilines is 2. The number of carbonyl (C=O) groups is 2. The Hall–Kier alpha value is -3.42. The number of amides is 3. The summed E-state index contributed by atoms with van der Waals surface area (Å²) >= 11 is 0. The molecule has 0 unspecified atom stereocenters. The number of rotatable bonds is 7. The molecule has 26 heavy (non-hydrogen) atoms. The first-order valence-electron chi connectivity index (χ1n) is 7.60. The van der Waals surface area contributed by atoms with Gasteiger partial charge in [0.15, 0.2) is 0 Å². The van der Waals surface area contributed by atoms with E-state index in [0.29, 0.717) is 17.9 Å². The van der Waals surface area contributed by atoms with E-state index in [1.165, 1.54) is 24.3 Å². The summed E-state index contributed by atoms with van der Waals surface area (Å²) < 4.78 is 28.7. The Morgan fingerprint density at radius 2 is 1.73 bits per heavy atom. The Morgan fingerprint density at radius 3 is 2.35 bits per heavy atom. The van der Waals surface area contributed by atoms with E-state index in [1.807, 2.05) is 0 Å². The Balaban J connectivity index is 1.97. The van der Waals surface area contributed by atoms with E-state index in [2.05, 4.69) is 27.3 Å². The minimum atomic E-state index is -2.96. The normalized spacial score (nSPS) is 10.1. The van der Waals surface area contributed by atoms with Crippen LogP contribution < -0.4 is 20.7 Å². The highest BCUT2D eigenvalue weighted by atomic mass is 19.3. The van der Waals surface area contributed by atoms with Gasteiger partial charge in [0.1, 0.15) is 5.75 Å². The lowest BCUT2D eigenvalue weighted by atomic mass is 10.2. The maximum Gasteiger partial charge on any atom is 0.387 e. The Bertz CT molecular complexity index is 780. The molecule has 6 nitrogen and oxygen atoms in total. The van der Waals surface area contributed by atoms with Crippen molar-refractivity contribution in [3.8, 4) is 5.75 Å². The molecule has 136 valence electrons. The van der Waals surface area contributed by atoms with Gasteiger partial charge in [-0.2, -0.15) is 8.78 Å². The molecule has 0 aromatic heterocycles.